The number of anilines is 2. The smallest absolute Gasteiger partial charge is 0.253 e. The molecular weight excluding hydrogens is 514 g/mol. The van der Waals surface area contributed by atoms with E-state index in [2.05, 4.69) is 39.7 Å². The van der Waals surface area contributed by atoms with Crippen molar-refractivity contribution in [3.05, 3.63) is 102 Å². The zero-order chi connectivity index (χ0) is 28.2. The molecule has 2 N–H and O–H groups in total. The standard InChI is InChI=1S/C32H33N7O2/c1-22-14-15-33-23(19-22)11-13-28-25-12-10-24(20-29(25)39(37-28)31-9-5-6-18-41-31)36-27-8-4-3-7-26(27)32(40)35-21-30-34-16-17-38(30)2/h3-4,7-8,10-17,19-20,31,36H,5-6,9,18,21H2,1-2H3,(H,35,40). The van der Waals surface area contributed by atoms with Gasteiger partial charge < -0.3 is 19.9 Å². The van der Waals surface area contributed by atoms with E-state index in [1.54, 1.807) is 6.20 Å². The minimum atomic E-state index is -0.171. The summed E-state index contributed by atoms with van der Waals surface area (Å²) in [5.74, 6) is 0.616. The Kier molecular flexibility index (Phi) is 7.60. The quantitative estimate of drug-likeness (QED) is 0.247. The fourth-order valence-electron chi connectivity index (χ4n) is 5.08. The van der Waals surface area contributed by atoms with Gasteiger partial charge in [-0.1, -0.05) is 12.1 Å². The number of fused-ring (bicyclic) bond motifs is 1. The molecular formula is C32H33N7O2. The van der Waals surface area contributed by atoms with Crippen molar-refractivity contribution in [2.75, 3.05) is 11.9 Å². The molecule has 1 aliphatic rings. The Morgan fingerprint density at radius 3 is 2.78 bits per heavy atom. The number of nitrogens with one attached hydrogen (secondary N) is 2. The molecule has 0 saturated carbocycles. The number of nitrogens with zero attached hydrogens (tertiary/aromatic N) is 5. The highest BCUT2D eigenvalue weighted by atomic mass is 16.5. The molecule has 41 heavy (non-hydrogen) atoms. The number of amides is 1. The number of ether oxygens (including phenoxy) is 1. The van der Waals surface area contributed by atoms with E-state index in [4.69, 9.17) is 9.84 Å². The zero-order valence-electron chi connectivity index (χ0n) is 23.2. The Labute approximate surface area is 238 Å². The van der Waals surface area contributed by atoms with Crippen molar-refractivity contribution in [1.29, 1.82) is 0 Å². The molecule has 0 aliphatic carbocycles. The van der Waals surface area contributed by atoms with Gasteiger partial charge in [0, 0.05) is 43.3 Å². The number of para-hydroxylation sites is 1. The van der Waals surface area contributed by atoms with Crippen LogP contribution in [0.25, 0.3) is 23.1 Å². The summed E-state index contributed by atoms with van der Waals surface area (Å²) < 4.78 is 10.0. The maximum atomic E-state index is 13.1. The van der Waals surface area contributed by atoms with Crippen molar-refractivity contribution in [2.24, 2.45) is 7.05 Å². The van der Waals surface area contributed by atoms with Gasteiger partial charge in [-0.15, -0.1) is 0 Å². The van der Waals surface area contributed by atoms with Crippen LogP contribution in [0.1, 0.15) is 58.6 Å². The van der Waals surface area contributed by atoms with Crippen LogP contribution >= 0.6 is 0 Å². The second kappa shape index (κ2) is 11.8. The number of aromatic nitrogens is 5. The molecule has 1 amide bonds. The molecule has 1 fully saturated rings. The fourth-order valence-corrected chi connectivity index (χ4v) is 5.08. The van der Waals surface area contributed by atoms with Crippen molar-refractivity contribution in [3.8, 4) is 0 Å². The molecule has 1 saturated heterocycles. The normalized spacial score (nSPS) is 15.4. The van der Waals surface area contributed by atoms with Crippen molar-refractivity contribution in [3.63, 3.8) is 0 Å². The van der Waals surface area contributed by atoms with Gasteiger partial charge >= 0.3 is 0 Å². The first-order chi connectivity index (χ1) is 20.0. The van der Waals surface area contributed by atoms with Crippen molar-refractivity contribution in [2.45, 2.75) is 39.0 Å². The Balaban J connectivity index is 1.30. The summed E-state index contributed by atoms with van der Waals surface area (Å²) >= 11 is 0. The minimum absolute atomic E-state index is 0.120. The van der Waals surface area contributed by atoms with E-state index in [0.717, 1.165) is 70.9 Å². The first-order valence-corrected chi connectivity index (χ1v) is 13.9. The number of aryl methyl sites for hydroxylation is 2. The maximum Gasteiger partial charge on any atom is 0.253 e. The van der Waals surface area contributed by atoms with Crippen LogP contribution < -0.4 is 10.6 Å². The van der Waals surface area contributed by atoms with Crippen LogP contribution in [0.3, 0.4) is 0 Å². The number of benzene rings is 2. The lowest BCUT2D eigenvalue weighted by Gasteiger charge is -2.23. The molecule has 9 heteroatoms. The zero-order valence-corrected chi connectivity index (χ0v) is 23.2. The molecule has 3 aromatic heterocycles. The van der Waals surface area contributed by atoms with Gasteiger partial charge in [-0.25, -0.2) is 9.67 Å². The molecule has 4 heterocycles. The lowest BCUT2D eigenvalue weighted by molar-refractivity contribution is -0.0367. The number of rotatable bonds is 8. The van der Waals surface area contributed by atoms with Crippen molar-refractivity contribution >= 4 is 40.3 Å². The molecule has 0 spiro atoms. The highest BCUT2D eigenvalue weighted by Gasteiger charge is 2.21. The second-order valence-corrected chi connectivity index (χ2v) is 10.3. The Morgan fingerprint density at radius 2 is 1.98 bits per heavy atom. The van der Waals surface area contributed by atoms with Crippen LogP contribution in [0.15, 0.2) is 73.2 Å². The molecule has 0 radical (unpaired) electrons. The minimum Gasteiger partial charge on any atom is -0.356 e. The first kappa shape index (κ1) is 26.5. The predicted molar refractivity (Wildman–Crippen MR) is 161 cm³/mol. The van der Waals surface area contributed by atoms with E-state index in [9.17, 15) is 4.79 Å². The Hall–Kier alpha value is -4.76. The molecule has 208 valence electrons. The van der Waals surface area contributed by atoms with Crippen LogP contribution in [0, 0.1) is 6.92 Å². The molecule has 2 aromatic carbocycles. The summed E-state index contributed by atoms with van der Waals surface area (Å²) in [6, 6.07) is 17.7. The summed E-state index contributed by atoms with van der Waals surface area (Å²) in [6.07, 6.45) is 12.4. The number of imidazole rings is 1. The fraction of sp³-hybridized carbons (Fsp3) is 0.250. The Morgan fingerprint density at radius 1 is 1.07 bits per heavy atom. The van der Waals surface area contributed by atoms with Gasteiger partial charge in [0.25, 0.3) is 5.91 Å². The van der Waals surface area contributed by atoms with Gasteiger partial charge in [0.2, 0.25) is 0 Å². The maximum absolute atomic E-state index is 13.1. The number of pyridine rings is 1. The lowest BCUT2D eigenvalue weighted by atomic mass is 10.1. The second-order valence-electron chi connectivity index (χ2n) is 10.3. The van der Waals surface area contributed by atoms with Gasteiger partial charge in [-0.2, -0.15) is 5.10 Å². The van der Waals surface area contributed by atoms with Crippen LogP contribution in [0.5, 0.6) is 0 Å². The summed E-state index contributed by atoms with van der Waals surface area (Å²) in [7, 11) is 1.91. The third kappa shape index (κ3) is 5.90. The van der Waals surface area contributed by atoms with Gasteiger partial charge in [-0.3, -0.25) is 9.78 Å². The molecule has 1 atom stereocenters. The van der Waals surface area contributed by atoms with Gasteiger partial charge in [0.15, 0.2) is 6.23 Å². The van der Waals surface area contributed by atoms with Gasteiger partial charge in [0.05, 0.1) is 34.7 Å². The Bertz CT molecular complexity index is 1710. The van der Waals surface area contributed by atoms with E-state index in [1.807, 2.05) is 83.3 Å². The topological polar surface area (TPSA) is 98.9 Å². The average molecular weight is 548 g/mol. The molecule has 5 aromatic rings. The van der Waals surface area contributed by atoms with Gasteiger partial charge in [0.1, 0.15) is 5.82 Å². The summed E-state index contributed by atoms with van der Waals surface area (Å²) in [5.41, 5.74) is 6.00. The summed E-state index contributed by atoms with van der Waals surface area (Å²) in [6.45, 7) is 3.13. The predicted octanol–water partition coefficient (Wildman–Crippen LogP) is 6.02. The van der Waals surface area contributed by atoms with Crippen LogP contribution in [0.2, 0.25) is 0 Å². The third-order valence-electron chi connectivity index (χ3n) is 7.29. The van der Waals surface area contributed by atoms with Crippen LogP contribution in [-0.4, -0.2) is 36.8 Å². The average Bonchev–Trinajstić information content (AvgIpc) is 3.58. The lowest BCUT2D eigenvalue weighted by Crippen LogP contribution is -2.25. The highest BCUT2D eigenvalue weighted by Crippen LogP contribution is 2.32. The molecule has 0 bridgehead atoms. The highest BCUT2D eigenvalue weighted by molar-refractivity contribution is 6.00. The van der Waals surface area contributed by atoms with E-state index in [1.165, 1.54) is 0 Å². The molecule has 1 unspecified atom stereocenters. The molecule has 9 nitrogen and oxygen atoms in total. The molecule has 6 rings (SSSR count). The first-order valence-electron chi connectivity index (χ1n) is 13.9. The van der Waals surface area contributed by atoms with E-state index < -0.39 is 0 Å². The largest absolute Gasteiger partial charge is 0.356 e. The number of hydrogen-bond donors (Lipinski definition) is 2. The molecule has 1 aliphatic heterocycles. The number of carbonyl (C=O) groups excluding carboxylic acids is 1. The van der Waals surface area contributed by atoms with Crippen LogP contribution in [0.4, 0.5) is 11.4 Å². The van der Waals surface area contributed by atoms with Crippen LogP contribution in [-0.2, 0) is 18.3 Å². The number of hydrogen-bond acceptors (Lipinski definition) is 6. The van der Waals surface area contributed by atoms with Crippen molar-refractivity contribution in [1.82, 2.24) is 29.6 Å². The van der Waals surface area contributed by atoms with Crippen molar-refractivity contribution < 1.29 is 9.53 Å². The van der Waals surface area contributed by atoms with E-state index in [0.29, 0.717) is 12.1 Å². The monoisotopic (exact) mass is 547 g/mol. The number of carbonyl (C=O) groups is 1. The van der Waals surface area contributed by atoms with Gasteiger partial charge in [-0.05, 0) is 86.4 Å². The third-order valence-corrected chi connectivity index (χ3v) is 7.29. The van der Waals surface area contributed by atoms with E-state index >= 15 is 0 Å². The SMILES string of the molecule is Cc1ccnc(C=Cc2nn(C3CCCCO3)c3cc(Nc4ccccc4C(=O)NCc4nccn4C)ccc23)c1. The summed E-state index contributed by atoms with van der Waals surface area (Å²) in [5, 5.41) is 12.4. The summed E-state index contributed by atoms with van der Waals surface area (Å²) in [4.78, 5) is 21.9. The van der Waals surface area contributed by atoms with E-state index in [-0.39, 0.29) is 12.1 Å².